The third kappa shape index (κ3) is 4.38. The van der Waals surface area contributed by atoms with E-state index in [4.69, 9.17) is 5.73 Å². The lowest BCUT2D eigenvalue weighted by atomic mass is 10.1. The van der Waals surface area contributed by atoms with Crippen molar-refractivity contribution in [3.05, 3.63) is 65.4 Å². The largest absolute Gasteiger partial charge is 0.416 e. The van der Waals surface area contributed by atoms with E-state index in [1.54, 1.807) is 24.3 Å². The van der Waals surface area contributed by atoms with E-state index in [1.165, 1.54) is 12.1 Å². The van der Waals surface area contributed by atoms with Crippen molar-refractivity contribution < 1.29 is 22.8 Å². The van der Waals surface area contributed by atoms with Gasteiger partial charge in [-0.25, -0.2) is 4.79 Å². The van der Waals surface area contributed by atoms with Gasteiger partial charge in [-0.2, -0.15) is 13.2 Å². The van der Waals surface area contributed by atoms with Gasteiger partial charge in [-0.3, -0.25) is 4.79 Å². The fraction of sp³-hybridized carbons (Fsp3) is 0.111. The van der Waals surface area contributed by atoms with Crippen molar-refractivity contribution in [1.82, 2.24) is 10.3 Å². The molecule has 1 aromatic heterocycles. The van der Waals surface area contributed by atoms with Crippen LogP contribution in [0, 0.1) is 0 Å². The summed E-state index contributed by atoms with van der Waals surface area (Å²) in [6.07, 6.45) is -4.44. The van der Waals surface area contributed by atoms with E-state index in [1.807, 2.05) is 0 Å². The molecule has 3 rings (SSSR count). The number of urea groups is 1. The third-order valence-corrected chi connectivity index (χ3v) is 3.85. The topological polar surface area (TPSA) is 100 Å². The van der Waals surface area contributed by atoms with E-state index in [0.29, 0.717) is 22.2 Å². The summed E-state index contributed by atoms with van der Waals surface area (Å²) in [6.45, 7) is -0.0615. The van der Waals surface area contributed by atoms with Crippen molar-refractivity contribution in [1.29, 1.82) is 0 Å². The molecule has 0 atom stereocenters. The zero-order valence-corrected chi connectivity index (χ0v) is 13.9. The van der Waals surface area contributed by atoms with Gasteiger partial charge in [0.15, 0.2) is 0 Å². The van der Waals surface area contributed by atoms with Crippen LogP contribution in [0.4, 0.5) is 23.7 Å². The van der Waals surface area contributed by atoms with Gasteiger partial charge in [0, 0.05) is 23.1 Å². The summed E-state index contributed by atoms with van der Waals surface area (Å²) in [5.41, 5.74) is 6.14. The molecule has 1 heterocycles. The number of benzene rings is 2. The summed E-state index contributed by atoms with van der Waals surface area (Å²) < 4.78 is 38.1. The number of nitrogens with one attached hydrogen (secondary N) is 3. The lowest BCUT2D eigenvalue weighted by Crippen LogP contribution is -2.28. The molecule has 140 valence electrons. The van der Waals surface area contributed by atoms with Crippen LogP contribution in [0.5, 0.6) is 0 Å². The van der Waals surface area contributed by atoms with Gasteiger partial charge in [0.1, 0.15) is 5.69 Å². The molecule has 0 saturated carbocycles. The number of fused-ring (bicyclic) bond motifs is 1. The summed E-state index contributed by atoms with van der Waals surface area (Å²) >= 11 is 0. The lowest BCUT2D eigenvalue weighted by Gasteiger charge is -2.10. The van der Waals surface area contributed by atoms with E-state index in [9.17, 15) is 22.8 Å². The number of amides is 3. The third-order valence-electron chi connectivity index (χ3n) is 3.85. The van der Waals surface area contributed by atoms with Crippen LogP contribution in [0.25, 0.3) is 10.9 Å². The first-order valence-corrected chi connectivity index (χ1v) is 7.86. The Morgan fingerprint density at radius 3 is 2.56 bits per heavy atom. The van der Waals surface area contributed by atoms with Crippen LogP contribution in [0.2, 0.25) is 0 Å². The number of aromatic nitrogens is 1. The van der Waals surface area contributed by atoms with E-state index >= 15 is 0 Å². The zero-order valence-electron chi connectivity index (χ0n) is 13.9. The molecular weight excluding hydrogens is 361 g/mol. The second kappa shape index (κ2) is 7.02. The highest BCUT2D eigenvalue weighted by Gasteiger charge is 2.30. The molecule has 0 aliphatic heterocycles. The maximum absolute atomic E-state index is 12.7. The summed E-state index contributed by atoms with van der Waals surface area (Å²) in [4.78, 5) is 26.0. The van der Waals surface area contributed by atoms with Crippen LogP contribution in [-0.2, 0) is 12.7 Å². The first-order valence-electron chi connectivity index (χ1n) is 7.86. The highest BCUT2D eigenvalue weighted by atomic mass is 19.4. The summed E-state index contributed by atoms with van der Waals surface area (Å²) in [6, 6.07) is 10.6. The first kappa shape index (κ1) is 18.3. The molecule has 0 bridgehead atoms. The number of hydrogen-bond acceptors (Lipinski definition) is 2. The number of H-pyrrole nitrogens is 1. The highest BCUT2D eigenvalue weighted by Crippen LogP contribution is 2.29. The van der Waals surface area contributed by atoms with Gasteiger partial charge < -0.3 is 21.4 Å². The van der Waals surface area contributed by atoms with Crippen molar-refractivity contribution in [3.63, 3.8) is 0 Å². The van der Waals surface area contributed by atoms with Crippen molar-refractivity contribution >= 4 is 28.5 Å². The molecule has 2 aromatic carbocycles. The number of carbonyl (C=O) groups is 2. The molecular formula is C18H15F3N4O2. The van der Waals surface area contributed by atoms with Gasteiger partial charge in [-0.15, -0.1) is 0 Å². The smallest absolute Gasteiger partial charge is 0.364 e. The van der Waals surface area contributed by atoms with Crippen molar-refractivity contribution in [2.45, 2.75) is 12.7 Å². The number of hydrogen-bond donors (Lipinski definition) is 4. The molecule has 5 N–H and O–H groups in total. The van der Waals surface area contributed by atoms with Crippen LogP contribution in [-0.4, -0.2) is 16.9 Å². The summed E-state index contributed by atoms with van der Waals surface area (Å²) in [5.74, 6) is -0.598. The minimum absolute atomic E-state index is 0.0615. The Morgan fingerprint density at radius 1 is 1.07 bits per heavy atom. The predicted molar refractivity (Wildman–Crippen MR) is 94.1 cm³/mol. The predicted octanol–water partition coefficient (Wildman–Crippen LogP) is 3.61. The Hall–Kier alpha value is -3.49. The standard InChI is InChI=1S/C18H15F3N4O2/c19-18(20,21)12-3-1-2-10(6-12)9-23-17(27)24-13-4-5-14-11(7-13)8-15(25-14)16(22)26/h1-8,25H,9H2,(H2,22,26)(H2,23,24,27). The molecule has 9 heteroatoms. The Balaban J connectivity index is 1.64. The summed E-state index contributed by atoms with van der Waals surface area (Å²) in [5, 5.41) is 5.76. The molecule has 3 amide bonds. The SMILES string of the molecule is NC(=O)c1cc2cc(NC(=O)NCc3cccc(C(F)(F)F)c3)ccc2[nH]1. The fourth-order valence-electron chi connectivity index (χ4n) is 2.56. The quantitative estimate of drug-likeness (QED) is 0.559. The maximum Gasteiger partial charge on any atom is 0.416 e. The molecule has 6 nitrogen and oxygen atoms in total. The van der Waals surface area contributed by atoms with Gasteiger partial charge in [0.2, 0.25) is 0 Å². The number of carbonyl (C=O) groups excluding carboxylic acids is 2. The van der Waals surface area contributed by atoms with Gasteiger partial charge in [0.25, 0.3) is 5.91 Å². The minimum Gasteiger partial charge on any atom is -0.364 e. The first-order chi connectivity index (χ1) is 12.7. The number of aromatic amines is 1. The fourth-order valence-corrected chi connectivity index (χ4v) is 2.56. The normalized spacial score (nSPS) is 11.4. The average Bonchev–Trinajstić information content (AvgIpc) is 3.03. The molecule has 0 radical (unpaired) electrons. The molecule has 0 aliphatic rings. The Morgan fingerprint density at radius 2 is 1.85 bits per heavy atom. The summed E-state index contributed by atoms with van der Waals surface area (Å²) in [7, 11) is 0. The number of nitrogens with two attached hydrogens (primary N) is 1. The number of rotatable bonds is 4. The second-order valence-electron chi connectivity index (χ2n) is 5.86. The molecule has 0 spiro atoms. The van der Waals surface area contributed by atoms with Gasteiger partial charge >= 0.3 is 12.2 Å². The van der Waals surface area contributed by atoms with Crippen molar-refractivity contribution in [2.75, 3.05) is 5.32 Å². The van der Waals surface area contributed by atoms with Crippen LogP contribution in [0.1, 0.15) is 21.6 Å². The number of primary amides is 1. The van der Waals surface area contributed by atoms with E-state index in [2.05, 4.69) is 15.6 Å². The molecule has 0 fully saturated rings. The van der Waals surface area contributed by atoms with Gasteiger partial charge in [-0.1, -0.05) is 12.1 Å². The van der Waals surface area contributed by atoms with E-state index < -0.39 is 23.7 Å². The molecule has 0 aliphatic carbocycles. The minimum atomic E-state index is -4.44. The Bertz CT molecular complexity index is 1010. The van der Waals surface area contributed by atoms with Crippen LogP contribution in [0.15, 0.2) is 48.5 Å². The lowest BCUT2D eigenvalue weighted by molar-refractivity contribution is -0.137. The number of halogens is 3. The monoisotopic (exact) mass is 376 g/mol. The average molecular weight is 376 g/mol. The van der Waals surface area contributed by atoms with Crippen molar-refractivity contribution in [3.8, 4) is 0 Å². The van der Waals surface area contributed by atoms with Crippen LogP contribution < -0.4 is 16.4 Å². The maximum atomic E-state index is 12.7. The van der Waals surface area contributed by atoms with E-state index in [-0.39, 0.29) is 12.2 Å². The van der Waals surface area contributed by atoms with Crippen molar-refractivity contribution in [2.24, 2.45) is 5.73 Å². The molecule has 0 unspecified atom stereocenters. The molecule has 3 aromatic rings. The highest BCUT2D eigenvalue weighted by molar-refractivity contribution is 5.99. The Labute approximate surface area is 151 Å². The number of anilines is 1. The molecule has 0 saturated heterocycles. The van der Waals surface area contributed by atoms with Gasteiger partial charge in [0.05, 0.1) is 5.56 Å². The molecule has 27 heavy (non-hydrogen) atoms. The zero-order chi connectivity index (χ0) is 19.6. The van der Waals surface area contributed by atoms with Crippen LogP contribution in [0.3, 0.4) is 0 Å². The number of alkyl halides is 3. The van der Waals surface area contributed by atoms with Crippen LogP contribution >= 0.6 is 0 Å². The Kier molecular flexibility index (Phi) is 4.76. The van der Waals surface area contributed by atoms with E-state index in [0.717, 1.165) is 12.1 Å². The van der Waals surface area contributed by atoms with Gasteiger partial charge in [-0.05, 0) is 42.0 Å². The second-order valence-corrected chi connectivity index (χ2v) is 5.86.